The van der Waals surface area contributed by atoms with E-state index in [4.69, 9.17) is 21.1 Å². The van der Waals surface area contributed by atoms with Crippen molar-refractivity contribution in [3.8, 4) is 5.75 Å². The molecule has 1 N–H and O–H groups in total. The van der Waals surface area contributed by atoms with Gasteiger partial charge in [0.2, 0.25) is 0 Å². The summed E-state index contributed by atoms with van der Waals surface area (Å²) in [5.74, 6) is 0.376. The SMILES string of the molecule is CCOCCOc1ccccc1NC(=O)c1cccc(Cl)c1. The maximum atomic E-state index is 12.2. The van der Waals surface area contributed by atoms with Gasteiger partial charge in [-0.2, -0.15) is 0 Å². The standard InChI is InChI=1S/C17H18ClNO3/c1-2-21-10-11-22-16-9-4-3-8-15(16)19-17(20)13-6-5-7-14(18)12-13/h3-9,12H,2,10-11H2,1H3,(H,19,20). The first-order valence-corrected chi connectivity index (χ1v) is 7.45. The highest BCUT2D eigenvalue weighted by Crippen LogP contribution is 2.24. The molecule has 0 bridgehead atoms. The number of ether oxygens (including phenoxy) is 2. The highest BCUT2D eigenvalue weighted by Gasteiger charge is 2.10. The second-order valence-electron chi connectivity index (χ2n) is 4.51. The summed E-state index contributed by atoms with van der Waals surface area (Å²) in [6, 6.07) is 14.1. The van der Waals surface area contributed by atoms with Crippen LogP contribution in [0.25, 0.3) is 0 Å². The van der Waals surface area contributed by atoms with Crippen LogP contribution in [0.4, 0.5) is 5.69 Å². The molecule has 0 aliphatic rings. The number of benzene rings is 2. The topological polar surface area (TPSA) is 47.6 Å². The zero-order valence-electron chi connectivity index (χ0n) is 12.3. The van der Waals surface area contributed by atoms with Crippen LogP contribution in [0.1, 0.15) is 17.3 Å². The van der Waals surface area contributed by atoms with Crippen molar-refractivity contribution in [1.82, 2.24) is 0 Å². The van der Waals surface area contributed by atoms with Crippen molar-refractivity contribution in [1.29, 1.82) is 0 Å². The van der Waals surface area contributed by atoms with E-state index in [2.05, 4.69) is 5.32 Å². The zero-order valence-corrected chi connectivity index (χ0v) is 13.1. The van der Waals surface area contributed by atoms with Crippen molar-refractivity contribution in [3.05, 3.63) is 59.1 Å². The maximum Gasteiger partial charge on any atom is 0.255 e. The molecule has 0 atom stereocenters. The van der Waals surface area contributed by atoms with Crippen LogP contribution in [0, 0.1) is 0 Å². The Morgan fingerprint density at radius 1 is 1.14 bits per heavy atom. The minimum Gasteiger partial charge on any atom is -0.489 e. The molecule has 22 heavy (non-hydrogen) atoms. The van der Waals surface area contributed by atoms with Crippen molar-refractivity contribution in [2.45, 2.75) is 6.92 Å². The van der Waals surface area contributed by atoms with Crippen LogP contribution < -0.4 is 10.1 Å². The Hall–Kier alpha value is -2.04. The van der Waals surface area contributed by atoms with Crippen LogP contribution in [0.3, 0.4) is 0 Å². The number of carbonyl (C=O) groups excluding carboxylic acids is 1. The lowest BCUT2D eigenvalue weighted by molar-refractivity contribution is 0.102. The van der Waals surface area contributed by atoms with E-state index >= 15 is 0 Å². The van der Waals surface area contributed by atoms with Crippen LogP contribution >= 0.6 is 11.6 Å². The van der Waals surface area contributed by atoms with Gasteiger partial charge in [-0.25, -0.2) is 0 Å². The lowest BCUT2D eigenvalue weighted by Gasteiger charge is -2.12. The second kappa shape index (κ2) is 8.41. The molecule has 2 rings (SSSR count). The Labute approximate surface area is 135 Å². The number of amides is 1. The molecule has 0 aliphatic heterocycles. The summed E-state index contributed by atoms with van der Waals surface area (Å²) in [5, 5.41) is 3.35. The van der Waals surface area contributed by atoms with Crippen molar-refractivity contribution >= 4 is 23.2 Å². The quantitative estimate of drug-likeness (QED) is 0.784. The van der Waals surface area contributed by atoms with E-state index in [9.17, 15) is 4.79 Å². The highest BCUT2D eigenvalue weighted by atomic mass is 35.5. The van der Waals surface area contributed by atoms with Crippen LogP contribution in [0.5, 0.6) is 5.75 Å². The minimum atomic E-state index is -0.233. The smallest absolute Gasteiger partial charge is 0.255 e. The molecule has 0 unspecified atom stereocenters. The molecule has 2 aromatic carbocycles. The molecule has 0 aliphatic carbocycles. The molecule has 0 radical (unpaired) electrons. The number of para-hydroxylation sites is 2. The van der Waals surface area contributed by atoms with E-state index in [0.29, 0.717) is 41.8 Å². The Bertz CT molecular complexity index is 631. The van der Waals surface area contributed by atoms with Crippen LogP contribution in [-0.2, 0) is 4.74 Å². The lowest BCUT2D eigenvalue weighted by Crippen LogP contribution is -2.14. The number of hydrogen-bond acceptors (Lipinski definition) is 3. The first-order valence-electron chi connectivity index (χ1n) is 7.07. The van der Waals surface area contributed by atoms with Gasteiger partial charge in [0.05, 0.1) is 12.3 Å². The average molecular weight is 320 g/mol. The predicted octanol–water partition coefficient (Wildman–Crippen LogP) is 4.01. The fourth-order valence-electron chi connectivity index (χ4n) is 1.87. The fourth-order valence-corrected chi connectivity index (χ4v) is 2.07. The maximum absolute atomic E-state index is 12.2. The van der Waals surface area contributed by atoms with Crippen molar-refractivity contribution in [3.63, 3.8) is 0 Å². The summed E-state index contributed by atoms with van der Waals surface area (Å²) in [6.45, 7) is 3.51. The van der Waals surface area contributed by atoms with Gasteiger partial charge in [0.1, 0.15) is 12.4 Å². The largest absolute Gasteiger partial charge is 0.489 e. The lowest BCUT2D eigenvalue weighted by atomic mass is 10.2. The van der Waals surface area contributed by atoms with Gasteiger partial charge in [-0.15, -0.1) is 0 Å². The third kappa shape index (κ3) is 4.76. The van der Waals surface area contributed by atoms with Crippen LogP contribution in [-0.4, -0.2) is 25.7 Å². The van der Waals surface area contributed by atoms with Crippen molar-refractivity contribution in [2.75, 3.05) is 25.1 Å². The Morgan fingerprint density at radius 3 is 2.73 bits per heavy atom. The first kappa shape index (κ1) is 16.3. The number of hydrogen-bond donors (Lipinski definition) is 1. The van der Waals surface area contributed by atoms with Crippen LogP contribution in [0.15, 0.2) is 48.5 Å². The molecule has 5 heteroatoms. The third-order valence-electron chi connectivity index (χ3n) is 2.91. The summed E-state index contributed by atoms with van der Waals surface area (Å²) in [5.41, 5.74) is 1.11. The number of nitrogens with one attached hydrogen (secondary N) is 1. The number of rotatable bonds is 7. The predicted molar refractivity (Wildman–Crippen MR) is 87.8 cm³/mol. The normalized spacial score (nSPS) is 10.3. The fraction of sp³-hybridized carbons (Fsp3) is 0.235. The van der Waals surface area contributed by atoms with Gasteiger partial charge >= 0.3 is 0 Å². The first-order chi connectivity index (χ1) is 10.7. The summed E-state index contributed by atoms with van der Waals surface area (Å²) in [7, 11) is 0. The van der Waals surface area contributed by atoms with Gasteiger partial charge in [-0.1, -0.05) is 29.8 Å². The molecular formula is C17H18ClNO3. The molecule has 4 nitrogen and oxygen atoms in total. The second-order valence-corrected chi connectivity index (χ2v) is 4.94. The molecule has 0 heterocycles. The molecule has 116 valence electrons. The molecular weight excluding hydrogens is 302 g/mol. The van der Waals surface area contributed by atoms with Gasteiger partial charge < -0.3 is 14.8 Å². The zero-order chi connectivity index (χ0) is 15.8. The summed E-state index contributed by atoms with van der Waals surface area (Å²) in [6.07, 6.45) is 0. The summed E-state index contributed by atoms with van der Waals surface area (Å²) < 4.78 is 10.9. The summed E-state index contributed by atoms with van der Waals surface area (Å²) in [4.78, 5) is 12.2. The Morgan fingerprint density at radius 2 is 1.95 bits per heavy atom. The van der Waals surface area contributed by atoms with Gasteiger partial charge in [-0.05, 0) is 37.3 Å². The molecule has 0 saturated heterocycles. The average Bonchev–Trinajstić information content (AvgIpc) is 2.53. The molecule has 0 spiro atoms. The monoisotopic (exact) mass is 319 g/mol. The number of carbonyl (C=O) groups is 1. The molecule has 0 fully saturated rings. The number of anilines is 1. The van der Waals surface area contributed by atoms with Gasteiger partial charge in [0.25, 0.3) is 5.91 Å². The molecule has 2 aromatic rings. The van der Waals surface area contributed by atoms with Gasteiger partial charge in [-0.3, -0.25) is 4.79 Å². The minimum absolute atomic E-state index is 0.233. The van der Waals surface area contributed by atoms with Gasteiger partial charge in [0, 0.05) is 17.2 Å². The van der Waals surface area contributed by atoms with E-state index in [1.165, 1.54) is 0 Å². The van der Waals surface area contributed by atoms with Crippen molar-refractivity contribution < 1.29 is 14.3 Å². The molecule has 0 aromatic heterocycles. The Balaban J connectivity index is 2.04. The molecule has 1 amide bonds. The molecule has 0 saturated carbocycles. The van der Waals surface area contributed by atoms with E-state index in [1.807, 2.05) is 19.1 Å². The van der Waals surface area contributed by atoms with E-state index < -0.39 is 0 Å². The van der Waals surface area contributed by atoms with E-state index in [1.54, 1.807) is 36.4 Å². The number of halogens is 1. The van der Waals surface area contributed by atoms with Crippen LogP contribution in [0.2, 0.25) is 5.02 Å². The third-order valence-corrected chi connectivity index (χ3v) is 3.15. The highest BCUT2D eigenvalue weighted by molar-refractivity contribution is 6.31. The van der Waals surface area contributed by atoms with Crippen molar-refractivity contribution in [2.24, 2.45) is 0 Å². The van der Waals surface area contributed by atoms with E-state index in [0.717, 1.165) is 0 Å². The van der Waals surface area contributed by atoms with Gasteiger partial charge in [0.15, 0.2) is 0 Å². The Kier molecular flexibility index (Phi) is 6.25. The summed E-state index contributed by atoms with van der Waals surface area (Å²) >= 11 is 5.90. The van der Waals surface area contributed by atoms with E-state index in [-0.39, 0.29) is 5.91 Å².